The van der Waals surface area contributed by atoms with Gasteiger partial charge in [-0.15, -0.1) is 0 Å². The standard InChI is InChI=1S/C17H26N2O/c1-5-14-9-6-8-13(4)16(14)19-11-7-10-15(17(19)20)18-12(2)3/h6,8-9,12,15,18H,5,7,10-11H2,1-4H3. The van der Waals surface area contributed by atoms with Crippen LogP contribution < -0.4 is 10.2 Å². The highest BCUT2D eigenvalue weighted by atomic mass is 16.2. The summed E-state index contributed by atoms with van der Waals surface area (Å²) in [6.07, 6.45) is 2.97. The topological polar surface area (TPSA) is 32.3 Å². The Morgan fingerprint density at radius 1 is 1.40 bits per heavy atom. The number of nitrogens with zero attached hydrogens (tertiary/aromatic N) is 1. The van der Waals surface area contributed by atoms with Crippen LogP contribution >= 0.6 is 0 Å². The van der Waals surface area contributed by atoms with Crippen LogP contribution in [0.15, 0.2) is 18.2 Å². The lowest BCUT2D eigenvalue weighted by molar-refractivity contribution is -0.122. The van der Waals surface area contributed by atoms with Gasteiger partial charge in [0.2, 0.25) is 5.91 Å². The molecule has 2 rings (SSSR count). The molecule has 110 valence electrons. The molecule has 1 saturated heterocycles. The summed E-state index contributed by atoms with van der Waals surface area (Å²) in [5, 5.41) is 3.40. The van der Waals surface area contributed by atoms with E-state index in [9.17, 15) is 4.79 Å². The molecular formula is C17H26N2O. The molecule has 0 saturated carbocycles. The van der Waals surface area contributed by atoms with Crippen molar-refractivity contribution in [2.24, 2.45) is 0 Å². The SMILES string of the molecule is CCc1cccc(C)c1N1CCCC(NC(C)C)C1=O. The zero-order chi connectivity index (χ0) is 14.7. The highest BCUT2D eigenvalue weighted by Crippen LogP contribution is 2.29. The number of hydrogen-bond acceptors (Lipinski definition) is 2. The zero-order valence-electron chi connectivity index (χ0n) is 13.1. The van der Waals surface area contributed by atoms with E-state index in [0.717, 1.165) is 31.5 Å². The van der Waals surface area contributed by atoms with Crippen molar-refractivity contribution in [3.05, 3.63) is 29.3 Å². The maximum absolute atomic E-state index is 12.7. The normalized spacial score (nSPS) is 19.8. The molecule has 20 heavy (non-hydrogen) atoms. The molecule has 1 atom stereocenters. The Morgan fingerprint density at radius 2 is 2.15 bits per heavy atom. The predicted octanol–water partition coefficient (Wildman–Crippen LogP) is 3.05. The average Bonchev–Trinajstić information content (AvgIpc) is 2.41. The van der Waals surface area contributed by atoms with E-state index >= 15 is 0 Å². The molecule has 1 aromatic carbocycles. The van der Waals surface area contributed by atoms with Gasteiger partial charge in [0.1, 0.15) is 0 Å². The van der Waals surface area contributed by atoms with Crippen LogP contribution in [0, 0.1) is 6.92 Å². The molecule has 0 bridgehead atoms. The third kappa shape index (κ3) is 3.04. The molecule has 0 aromatic heterocycles. The fraction of sp³-hybridized carbons (Fsp3) is 0.588. The number of aryl methyl sites for hydroxylation is 2. The first-order valence-electron chi connectivity index (χ1n) is 7.70. The lowest BCUT2D eigenvalue weighted by Gasteiger charge is -2.35. The van der Waals surface area contributed by atoms with Crippen LogP contribution in [0.1, 0.15) is 44.7 Å². The van der Waals surface area contributed by atoms with Crippen LogP contribution in [0.25, 0.3) is 0 Å². The quantitative estimate of drug-likeness (QED) is 0.915. The van der Waals surface area contributed by atoms with Gasteiger partial charge < -0.3 is 10.2 Å². The van der Waals surface area contributed by atoms with Crippen LogP contribution in [0.2, 0.25) is 0 Å². The summed E-state index contributed by atoms with van der Waals surface area (Å²) in [5.74, 6) is 0.231. The van der Waals surface area contributed by atoms with E-state index in [-0.39, 0.29) is 11.9 Å². The van der Waals surface area contributed by atoms with Gasteiger partial charge in [0, 0.05) is 18.3 Å². The predicted molar refractivity (Wildman–Crippen MR) is 84.2 cm³/mol. The van der Waals surface area contributed by atoms with E-state index in [0.29, 0.717) is 6.04 Å². The second-order valence-corrected chi connectivity index (χ2v) is 5.94. The number of piperidine rings is 1. The molecule has 1 N–H and O–H groups in total. The summed E-state index contributed by atoms with van der Waals surface area (Å²) in [4.78, 5) is 14.7. The van der Waals surface area contributed by atoms with Crippen LogP contribution in [-0.2, 0) is 11.2 Å². The van der Waals surface area contributed by atoms with Crippen molar-refractivity contribution in [2.45, 2.75) is 59.0 Å². The van der Waals surface area contributed by atoms with Crippen molar-refractivity contribution in [1.29, 1.82) is 0 Å². The molecule has 3 nitrogen and oxygen atoms in total. The van der Waals surface area contributed by atoms with Crippen LogP contribution in [-0.4, -0.2) is 24.5 Å². The van der Waals surface area contributed by atoms with E-state index in [4.69, 9.17) is 0 Å². The third-order valence-electron chi connectivity index (χ3n) is 3.95. The van der Waals surface area contributed by atoms with Crippen LogP contribution in [0.3, 0.4) is 0 Å². The van der Waals surface area contributed by atoms with E-state index in [1.807, 2.05) is 4.90 Å². The van der Waals surface area contributed by atoms with Crippen LogP contribution in [0.4, 0.5) is 5.69 Å². The Hall–Kier alpha value is -1.35. The lowest BCUT2D eigenvalue weighted by Crippen LogP contribution is -2.52. The Morgan fingerprint density at radius 3 is 2.80 bits per heavy atom. The molecule has 1 aromatic rings. The minimum absolute atomic E-state index is 0.0342. The van der Waals surface area contributed by atoms with Gasteiger partial charge in [0.15, 0.2) is 0 Å². The summed E-state index contributed by atoms with van der Waals surface area (Å²) >= 11 is 0. The molecule has 0 radical (unpaired) electrons. The highest BCUT2D eigenvalue weighted by molar-refractivity contribution is 5.99. The van der Waals surface area contributed by atoms with E-state index in [1.54, 1.807) is 0 Å². The monoisotopic (exact) mass is 274 g/mol. The molecule has 0 spiro atoms. The largest absolute Gasteiger partial charge is 0.311 e. The van der Waals surface area contributed by atoms with Crippen LogP contribution in [0.5, 0.6) is 0 Å². The summed E-state index contributed by atoms with van der Waals surface area (Å²) < 4.78 is 0. The van der Waals surface area contributed by atoms with Gasteiger partial charge in [-0.2, -0.15) is 0 Å². The first-order chi connectivity index (χ1) is 9.54. The fourth-order valence-electron chi connectivity index (χ4n) is 3.05. The van der Waals surface area contributed by atoms with Gasteiger partial charge in [-0.3, -0.25) is 4.79 Å². The van der Waals surface area contributed by atoms with Gasteiger partial charge in [-0.25, -0.2) is 0 Å². The smallest absolute Gasteiger partial charge is 0.244 e. The molecule has 0 aliphatic carbocycles. The second kappa shape index (κ2) is 6.40. The van der Waals surface area contributed by atoms with Crippen molar-refractivity contribution in [3.8, 4) is 0 Å². The minimum Gasteiger partial charge on any atom is -0.311 e. The van der Waals surface area contributed by atoms with Gasteiger partial charge in [-0.1, -0.05) is 39.0 Å². The van der Waals surface area contributed by atoms with Crippen molar-refractivity contribution in [1.82, 2.24) is 5.32 Å². The number of nitrogens with one attached hydrogen (secondary N) is 1. The lowest BCUT2D eigenvalue weighted by atomic mass is 9.99. The number of carbonyl (C=O) groups excluding carboxylic acids is 1. The number of anilines is 1. The second-order valence-electron chi connectivity index (χ2n) is 5.94. The van der Waals surface area contributed by atoms with E-state index in [1.165, 1.54) is 11.1 Å². The summed E-state index contributed by atoms with van der Waals surface area (Å²) in [6.45, 7) is 9.28. The number of amides is 1. The molecule has 1 unspecified atom stereocenters. The Bertz CT molecular complexity index is 482. The molecule has 1 fully saturated rings. The number of hydrogen-bond donors (Lipinski definition) is 1. The molecule has 1 heterocycles. The maximum atomic E-state index is 12.7. The van der Waals surface area contributed by atoms with Crippen molar-refractivity contribution in [3.63, 3.8) is 0 Å². The van der Waals surface area contributed by atoms with Gasteiger partial charge in [0.25, 0.3) is 0 Å². The van der Waals surface area contributed by atoms with Crippen molar-refractivity contribution >= 4 is 11.6 Å². The summed E-state index contributed by atoms with van der Waals surface area (Å²) in [5.41, 5.74) is 3.60. The Kier molecular flexibility index (Phi) is 4.81. The molecule has 3 heteroatoms. The first-order valence-corrected chi connectivity index (χ1v) is 7.70. The average molecular weight is 274 g/mol. The third-order valence-corrected chi connectivity index (χ3v) is 3.95. The van der Waals surface area contributed by atoms with Gasteiger partial charge >= 0.3 is 0 Å². The van der Waals surface area contributed by atoms with Gasteiger partial charge in [-0.05, 0) is 37.3 Å². The maximum Gasteiger partial charge on any atom is 0.244 e. The van der Waals surface area contributed by atoms with Crippen molar-refractivity contribution in [2.75, 3.05) is 11.4 Å². The summed E-state index contributed by atoms with van der Waals surface area (Å²) in [7, 11) is 0. The first kappa shape index (κ1) is 15.0. The molecule has 1 aliphatic rings. The number of para-hydroxylation sites is 1. The van der Waals surface area contributed by atoms with Crippen molar-refractivity contribution < 1.29 is 4.79 Å². The molecule has 1 aliphatic heterocycles. The van der Waals surface area contributed by atoms with E-state index < -0.39 is 0 Å². The number of carbonyl (C=O) groups is 1. The van der Waals surface area contributed by atoms with E-state index in [2.05, 4.69) is 51.2 Å². The Labute approximate surface area is 122 Å². The highest BCUT2D eigenvalue weighted by Gasteiger charge is 2.31. The fourth-order valence-corrected chi connectivity index (χ4v) is 3.05. The molecular weight excluding hydrogens is 248 g/mol. The number of benzene rings is 1. The zero-order valence-corrected chi connectivity index (χ0v) is 13.1. The Balaban J connectivity index is 2.30. The summed E-state index contributed by atoms with van der Waals surface area (Å²) in [6, 6.07) is 6.62. The van der Waals surface area contributed by atoms with Gasteiger partial charge in [0.05, 0.1) is 6.04 Å². The molecule has 1 amide bonds. The minimum atomic E-state index is -0.0342. The number of rotatable bonds is 4.